The first-order chi connectivity index (χ1) is 8.88. The molecule has 0 saturated carbocycles. The highest BCUT2D eigenvalue weighted by molar-refractivity contribution is 5.27. The molecule has 2 nitrogen and oxygen atoms in total. The molecular formula is C13H9F4NO. The van der Waals surface area contributed by atoms with Gasteiger partial charge in [0.15, 0.2) is 0 Å². The topological polar surface area (TPSA) is 33.1 Å². The van der Waals surface area contributed by atoms with Gasteiger partial charge < -0.3 is 5.11 Å². The summed E-state index contributed by atoms with van der Waals surface area (Å²) < 4.78 is 50.0. The van der Waals surface area contributed by atoms with E-state index in [9.17, 15) is 22.7 Å². The number of nitrogens with zero attached hydrogens (tertiary/aromatic N) is 1. The molecule has 19 heavy (non-hydrogen) atoms. The number of hydrogen-bond donors (Lipinski definition) is 1. The molecule has 0 aliphatic heterocycles. The minimum absolute atomic E-state index is 0.0265. The van der Waals surface area contributed by atoms with Gasteiger partial charge in [0.1, 0.15) is 11.9 Å². The summed E-state index contributed by atoms with van der Waals surface area (Å²) in [6.07, 6.45) is -5.11. The highest BCUT2D eigenvalue weighted by Crippen LogP contribution is 2.29. The van der Waals surface area contributed by atoms with Gasteiger partial charge in [-0.2, -0.15) is 13.2 Å². The van der Waals surface area contributed by atoms with E-state index in [-0.39, 0.29) is 11.3 Å². The molecule has 2 rings (SSSR count). The molecule has 100 valence electrons. The molecule has 0 aliphatic carbocycles. The third kappa shape index (κ3) is 3.08. The van der Waals surface area contributed by atoms with Gasteiger partial charge in [0.25, 0.3) is 0 Å². The van der Waals surface area contributed by atoms with Crippen molar-refractivity contribution in [3.05, 3.63) is 65.2 Å². The molecule has 0 fully saturated rings. The second kappa shape index (κ2) is 4.97. The first kappa shape index (κ1) is 13.5. The third-order valence-electron chi connectivity index (χ3n) is 2.56. The van der Waals surface area contributed by atoms with Crippen LogP contribution in [0.2, 0.25) is 0 Å². The Morgan fingerprint density at radius 1 is 1.11 bits per heavy atom. The third-order valence-corrected chi connectivity index (χ3v) is 2.56. The van der Waals surface area contributed by atoms with E-state index in [4.69, 9.17) is 0 Å². The highest BCUT2D eigenvalue weighted by atomic mass is 19.4. The summed E-state index contributed by atoms with van der Waals surface area (Å²) in [7, 11) is 0. The number of hydrogen-bond acceptors (Lipinski definition) is 2. The molecular weight excluding hydrogens is 262 g/mol. The molecule has 2 aromatic rings. The van der Waals surface area contributed by atoms with Crippen LogP contribution in [0.4, 0.5) is 17.6 Å². The summed E-state index contributed by atoms with van der Waals surface area (Å²) in [6, 6.07) is 7.06. The molecule has 0 saturated heterocycles. The van der Waals surface area contributed by atoms with Crippen LogP contribution in [0.5, 0.6) is 0 Å². The first-order valence-corrected chi connectivity index (χ1v) is 5.34. The number of rotatable bonds is 2. The van der Waals surface area contributed by atoms with Crippen molar-refractivity contribution in [2.45, 2.75) is 12.3 Å². The van der Waals surface area contributed by atoms with Gasteiger partial charge in [0, 0.05) is 6.20 Å². The molecule has 1 aromatic carbocycles. The van der Waals surface area contributed by atoms with E-state index in [2.05, 4.69) is 4.98 Å². The number of alkyl halides is 3. The molecule has 6 heteroatoms. The fourth-order valence-electron chi connectivity index (χ4n) is 1.58. The van der Waals surface area contributed by atoms with Crippen LogP contribution in [-0.2, 0) is 6.18 Å². The molecule has 0 radical (unpaired) electrons. The minimum atomic E-state index is -4.48. The summed E-state index contributed by atoms with van der Waals surface area (Å²) in [5.41, 5.74) is -0.645. The molecule has 1 heterocycles. The smallest absolute Gasteiger partial charge is 0.382 e. The second-order valence-corrected chi connectivity index (χ2v) is 3.93. The fourth-order valence-corrected chi connectivity index (χ4v) is 1.58. The van der Waals surface area contributed by atoms with Crippen molar-refractivity contribution in [3.8, 4) is 0 Å². The summed E-state index contributed by atoms with van der Waals surface area (Å²) in [5.74, 6) is -0.538. The van der Waals surface area contributed by atoms with Gasteiger partial charge in [0.2, 0.25) is 0 Å². The van der Waals surface area contributed by atoms with Crippen molar-refractivity contribution in [2.75, 3.05) is 0 Å². The van der Waals surface area contributed by atoms with Crippen LogP contribution in [0.25, 0.3) is 0 Å². The Balaban J connectivity index is 2.27. The number of aromatic nitrogens is 1. The van der Waals surface area contributed by atoms with E-state index >= 15 is 0 Å². The van der Waals surface area contributed by atoms with Crippen molar-refractivity contribution in [3.63, 3.8) is 0 Å². The van der Waals surface area contributed by atoms with Crippen LogP contribution in [0.15, 0.2) is 42.6 Å². The molecule has 0 bridgehead atoms. The molecule has 0 spiro atoms. The van der Waals surface area contributed by atoms with E-state index in [1.165, 1.54) is 18.2 Å². The van der Waals surface area contributed by atoms with Gasteiger partial charge in [0.05, 0.1) is 11.3 Å². The van der Waals surface area contributed by atoms with Crippen molar-refractivity contribution in [1.29, 1.82) is 0 Å². The van der Waals surface area contributed by atoms with Crippen LogP contribution in [0.3, 0.4) is 0 Å². The zero-order valence-corrected chi connectivity index (χ0v) is 9.53. The van der Waals surface area contributed by atoms with Crippen molar-refractivity contribution >= 4 is 0 Å². The van der Waals surface area contributed by atoms with E-state index in [1.54, 1.807) is 0 Å². The number of halogens is 4. The summed E-state index contributed by atoms with van der Waals surface area (Å²) in [6.45, 7) is 0. The normalized spacial score (nSPS) is 13.3. The van der Waals surface area contributed by atoms with Gasteiger partial charge in [-0.05, 0) is 29.8 Å². The van der Waals surface area contributed by atoms with Gasteiger partial charge in [-0.3, -0.25) is 4.98 Å². The van der Waals surface area contributed by atoms with Crippen LogP contribution < -0.4 is 0 Å². The maximum Gasteiger partial charge on any atom is 0.417 e. The largest absolute Gasteiger partial charge is 0.417 e. The number of aliphatic hydroxyl groups excluding tert-OH is 1. The lowest BCUT2D eigenvalue weighted by Crippen LogP contribution is -2.08. The number of aliphatic hydroxyl groups is 1. The first-order valence-electron chi connectivity index (χ1n) is 5.34. The lowest BCUT2D eigenvalue weighted by Gasteiger charge is -2.12. The van der Waals surface area contributed by atoms with Gasteiger partial charge in [-0.25, -0.2) is 4.39 Å². The lowest BCUT2D eigenvalue weighted by atomic mass is 10.1. The quantitative estimate of drug-likeness (QED) is 0.850. The van der Waals surface area contributed by atoms with E-state index < -0.39 is 23.7 Å². The van der Waals surface area contributed by atoms with Crippen molar-refractivity contribution in [2.24, 2.45) is 0 Å². The summed E-state index contributed by atoms with van der Waals surface area (Å²) in [5, 5.41) is 9.90. The number of pyridine rings is 1. The Kier molecular flexibility index (Phi) is 3.53. The maximum atomic E-state index is 13.0. The second-order valence-electron chi connectivity index (χ2n) is 3.93. The van der Waals surface area contributed by atoms with Crippen LogP contribution in [-0.4, -0.2) is 10.1 Å². The van der Waals surface area contributed by atoms with Crippen LogP contribution in [0, 0.1) is 5.82 Å². The van der Waals surface area contributed by atoms with Crippen LogP contribution in [0.1, 0.15) is 22.9 Å². The van der Waals surface area contributed by atoms with Crippen molar-refractivity contribution in [1.82, 2.24) is 4.98 Å². The van der Waals surface area contributed by atoms with Gasteiger partial charge in [-0.1, -0.05) is 12.1 Å². The predicted molar refractivity (Wildman–Crippen MR) is 59.7 cm³/mol. The Morgan fingerprint density at radius 3 is 2.37 bits per heavy atom. The predicted octanol–water partition coefficient (Wildman–Crippen LogP) is 3.32. The van der Waals surface area contributed by atoms with Crippen molar-refractivity contribution < 1.29 is 22.7 Å². The average Bonchev–Trinajstić information content (AvgIpc) is 2.37. The van der Waals surface area contributed by atoms with Gasteiger partial charge in [-0.15, -0.1) is 0 Å². The molecule has 1 aromatic heterocycles. The van der Waals surface area contributed by atoms with E-state index in [0.29, 0.717) is 6.20 Å². The monoisotopic (exact) mass is 271 g/mol. The SMILES string of the molecule is OC(c1cccc(F)c1)c1ccc(C(F)(F)F)cn1. The lowest BCUT2D eigenvalue weighted by molar-refractivity contribution is -0.137. The highest BCUT2D eigenvalue weighted by Gasteiger charge is 2.31. The fraction of sp³-hybridized carbons (Fsp3) is 0.154. The molecule has 0 aliphatic rings. The summed E-state index contributed by atoms with van der Waals surface area (Å²) in [4.78, 5) is 3.56. The Bertz CT molecular complexity index is 566. The maximum absolute atomic E-state index is 13.0. The number of benzene rings is 1. The minimum Gasteiger partial charge on any atom is -0.382 e. The van der Waals surface area contributed by atoms with E-state index in [0.717, 1.165) is 18.2 Å². The standard InChI is InChI=1S/C13H9F4NO/c14-10-3-1-2-8(6-10)12(19)11-5-4-9(7-18-11)13(15,16)17/h1-7,12,19H. The Labute approximate surface area is 106 Å². The van der Waals surface area contributed by atoms with Crippen LogP contribution >= 0.6 is 0 Å². The zero-order chi connectivity index (χ0) is 14.0. The molecule has 1 unspecified atom stereocenters. The van der Waals surface area contributed by atoms with E-state index in [1.807, 2.05) is 0 Å². The van der Waals surface area contributed by atoms with Gasteiger partial charge >= 0.3 is 6.18 Å². The Morgan fingerprint density at radius 2 is 1.84 bits per heavy atom. The summed E-state index contributed by atoms with van der Waals surface area (Å²) >= 11 is 0. The molecule has 1 N–H and O–H groups in total. The Hall–Kier alpha value is -1.95. The molecule has 0 amide bonds. The molecule has 1 atom stereocenters. The zero-order valence-electron chi connectivity index (χ0n) is 9.53. The average molecular weight is 271 g/mol.